The van der Waals surface area contributed by atoms with E-state index >= 15 is 0 Å². The van der Waals surface area contributed by atoms with Crippen molar-refractivity contribution in [3.8, 4) is 11.5 Å². The number of amides is 1. The number of ether oxygens (including phenoxy) is 2. The van der Waals surface area contributed by atoms with E-state index in [-0.39, 0.29) is 29.6 Å². The van der Waals surface area contributed by atoms with Gasteiger partial charge in [0, 0.05) is 30.4 Å². The summed E-state index contributed by atoms with van der Waals surface area (Å²) in [5.41, 5.74) is 1.35. The van der Waals surface area contributed by atoms with Crippen molar-refractivity contribution in [1.29, 1.82) is 0 Å². The van der Waals surface area contributed by atoms with E-state index in [9.17, 15) is 13.6 Å². The third kappa shape index (κ3) is 4.61. The fourth-order valence-electron chi connectivity index (χ4n) is 4.00. The molecule has 2 heterocycles. The van der Waals surface area contributed by atoms with E-state index < -0.39 is 11.6 Å². The molecular weight excluding hydrogens is 426 g/mol. The van der Waals surface area contributed by atoms with Crippen molar-refractivity contribution >= 4 is 28.9 Å². The Hall–Kier alpha value is -2.80. The molecule has 0 aliphatic carbocycles. The zero-order valence-corrected chi connectivity index (χ0v) is 17.8. The molecule has 1 fully saturated rings. The number of halogens is 3. The van der Waals surface area contributed by atoms with Crippen molar-refractivity contribution in [2.45, 2.75) is 25.9 Å². The first kappa shape index (κ1) is 21.4. The van der Waals surface area contributed by atoms with Gasteiger partial charge in [-0.2, -0.15) is 0 Å². The Balaban J connectivity index is 1.39. The SMILES string of the molecule is C=C(c1cc2c(cc1F)OCC(=O)N2)N1CCC(C(C)Oc2ccc(F)cc2Cl)CC1. The lowest BCUT2D eigenvalue weighted by Crippen LogP contribution is -2.37. The second kappa shape index (κ2) is 8.75. The molecule has 1 atom stereocenters. The Morgan fingerprint density at radius 1 is 1.29 bits per heavy atom. The second-order valence-corrected chi connectivity index (χ2v) is 8.24. The molecule has 2 aliphatic rings. The summed E-state index contributed by atoms with van der Waals surface area (Å²) in [5, 5.41) is 2.94. The summed E-state index contributed by atoms with van der Waals surface area (Å²) < 4.78 is 39.1. The number of anilines is 1. The van der Waals surface area contributed by atoms with Gasteiger partial charge in [0.2, 0.25) is 0 Å². The maximum absolute atomic E-state index is 14.7. The standard InChI is InChI=1S/C23H23ClF2N2O3/c1-13(17-10-20-22(11-19(17)26)30-12-23(29)27-20)28-7-5-15(6-8-28)14(2)31-21-4-3-16(25)9-18(21)24/h3-4,9-11,14-15H,1,5-8,12H2,2H3,(H,27,29). The van der Waals surface area contributed by atoms with Crippen LogP contribution in [0.25, 0.3) is 5.70 Å². The number of nitrogens with one attached hydrogen (secondary N) is 1. The van der Waals surface area contributed by atoms with Gasteiger partial charge in [-0.15, -0.1) is 0 Å². The van der Waals surface area contributed by atoms with Crippen molar-refractivity contribution in [2.75, 3.05) is 25.0 Å². The molecule has 5 nitrogen and oxygen atoms in total. The number of piperidine rings is 1. The molecule has 1 amide bonds. The van der Waals surface area contributed by atoms with E-state index in [4.69, 9.17) is 21.1 Å². The molecule has 0 spiro atoms. The lowest BCUT2D eigenvalue weighted by atomic mass is 9.91. The number of likely N-dealkylation sites (tertiary alicyclic amines) is 1. The molecule has 0 radical (unpaired) electrons. The highest BCUT2D eigenvalue weighted by Crippen LogP contribution is 2.36. The van der Waals surface area contributed by atoms with Crippen molar-refractivity contribution in [3.05, 3.63) is 59.1 Å². The average Bonchev–Trinajstić information content (AvgIpc) is 2.75. The predicted octanol–water partition coefficient (Wildman–Crippen LogP) is 5.10. The van der Waals surface area contributed by atoms with Crippen molar-refractivity contribution < 1.29 is 23.0 Å². The van der Waals surface area contributed by atoms with Crippen molar-refractivity contribution in [1.82, 2.24) is 4.90 Å². The van der Waals surface area contributed by atoms with Crippen molar-refractivity contribution in [3.63, 3.8) is 0 Å². The highest BCUT2D eigenvalue weighted by atomic mass is 35.5. The summed E-state index contributed by atoms with van der Waals surface area (Å²) in [5.74, 6) is -0.0689. The molecular formula is C23H23ClF2N2O3. The molecule has 1 saturated heterocycles. The molecule has 1 N–H and O–H groups in total. The van der Waals surface area contributed by atoms with Crippen LogP contribution in [0.4, 0.5) is 14.5 Å². The normalized spacial score (nSPS) is 17.4. The van der Waals surface area contributed by atoms with E-state index in [0.29, 0.717) is 41.5 Å². The summed E-state index contributed by atoms with van der Waals surface area (Å²) in [6.07, 6.45) is 1.54. The first-order chi connectivity index (χ1) is 14.8. The van der Waals surface area contributed by atoms with Gasteiger partial charge in [0.1, 0.15) is 23.1 Å². The highest BCUT2D eigenvalue weighted by Gasteiger charge is 2.28. The smallest absolute Gasteiger partial charge is 0.262 e. The highest BCUT2D eigenvalue weighted by molar-refractivity contribution is 6.32. The van der Waals surface area contributed by atoms with Gasteiger partial charge in [0.05, 0.1) is 16.8 Å². The van der Waals surface area contributed by atoms with E-state index in [0.717, 1.165) is 12.8 Å². The minimum absolute atomic E-state index is 0.105. The van der Waals surface area contributed by atoms with Crippen LogP contribution in [-0.4, -0.2) is 36.6 Å². The summed E-state index contributed by atoms with van der Waals surface area (Å²) in [7, 11) is 0. The topological polar surface area (TPSA) is 50.8 Å². The number of nitrogens with zero attached hydrogens (tertiary/aromatic N) is 1. The van der Waals surface area contributed by atoms with E-state index in [1.54, 1.807) is 6.07 Å². The van der Waals surface area contributed by atoms with Crippen LogP contribution >= 0.6 is 11.6 Å². The number of hydrogen-bond donors (Lipinski definition) is 1. The first-order valence-corrected chi connectivity index (χ1v) is 10.5. The minimum atomic E-state index is -0.440. The summed E-state index contributed by atoms with van der Waals surface area (Å²) in [4.78, 5) is 13.6. The van der Waals surface area contributed by atoms with Gasteiger partial charge in [-0.25, -0.2) is 8.78 Å². The summed E-state index contributed by atoms with van der Waals surface area (Å²) in [6.45, 7) is 7.31. The molecule has 2 aromatic rings. The Morgan fingerprint density at radius 2 is 2.03 bits per heavy atom. The maximum Gasteiger partial charge on any atom is 0.262 e. The molecule has 31 heavy (non-hydrogen) atoms. The third-order valence-corrected chi connectivity index (χ3v) is 6.10. The molecule has 0 bridgehead atoms. The van der Waals surface area contributed by atoms with Crippen LogP contribution in [0.5, 0.6) is 11.5 Å². The van der Waals surface area contributed by atoms with E-state index in [1.807, 2.05) is 11.8 Å². The monoisotopic (exact) mass is 448 g/mol. The molecule has 2 aromatic carbocycles. The molecule has 164 valence electrons. The Labute approximate surface area is 184 Å². The Kier molecular flexibility index (Phi) is 6.05. The number of rotatable bonds is 5. The van der Waals surface area contributed by atoms with Crippen LogP contribution in [0, 0.1) is 17.6 Å². The second-order valence-electron chi connectivity index (χ2n) is 7.83. The molecule has 1 unspecified atom stereocenters. The van der Waals surface area contributed by atoms with Crippen LogP contribution in [-0.2, 0) is 4.79 Å². The number of fused-ring (bicyclic) bond motifs is 1. The number of benzene rings is 2. The fourth-order valence-corrected chi connectivity index (χ4v) is 4.21. The quantitative estimate of drug-likeness (QED) is 0.691. The molecule has 0 aromatic heterocycles. The average molecular weight is 449 g/mol. The van der Waals surface area contributed by atoms with Crippen LogP contribution in [0.1, 0.15) is 25.3 Å². The van der Waals surface area contributed by atoms with Gasteiger partial charge in [0.15, 0.2) is 6.61 Å². The fraction of sp³-hybridized carbons (Fsp3) is 0.348. The Bertz CT molecular complexity index is 1020. The number of carbonyl (C=O) groups is 1. The maximum atomic E-state index is 14.7. The van der Waals surface area contributed by atoms with Crippen LogP contribution < -0.4 is 14.8 Å². The van der Waals surface area contributed by atoms with E-state index in [2.05, 4.69) is 11.9 Å². The van der Waals surface area contributed by atoms with Crippen LogP contribution in [0.2, 0.25) is 5.02 Å². The zero-order chi connectivity index (χ0) is 22.1. The van der Waals surface area contributed by atoms with Gasteiger partial charge in [-0.3, -0.25) is 4.79 Å². The number of carbonyl (C=O) groups excluding carboxylic acids is 1. The summed E-state index contributed by atoms with van der Waals surface area (Å²) in [6, 6.07) is 6.94. The van der Waals surface area contributed by atoms with Gasteiger partial charge in [-0.1, -0.05) is 18.2 Å². The lowest BCUT2D eigenvalue weighted by Gasteiger charge is -2.37. The lowest BCUT2D eigenvalue weighted by molar-refractivity contribution is -0.118. The molecule has 8 heteroatoms. The van der Waals surface area contributed by atoms with E-state index in [1.165, 1.54) is 24.3 Å². The molecule has 2 aliphatic heterocycles. The number of hydrogen-bond acceptors (Lipinski definition) is 4. The van der Waals surface area contributed by atoms with Crippen molar-refractivity contribution in [2.24, 2.45) is 5.92 Å². The predicted molar refractivity (Wildman–Crippen MR) is 115 cm³/mol. The largest absolute Gasteiger partial charge is 0.489 e. The molecule has 0 saturated carbocycles. The van der Waals surface area contributed by atoms with Gasteiger partial charge < -0.3 is 19.7 Å². The van der Waals surface area contributed by atoms with Gasteiger partial charge in [0.25, 0.3) is 5.91 Å². The minimum Gasteiger partial charge on any atom is -0.489 e. The van der Waals surface area contributed by atoms with Crippen LogP contribution in [0.15, 0.2) is 36.9 Å². The van der Waals surface area contributed by atoms with Crippen LogP contribution in [0.3, 0.4) is 0 Å². The first-order valence-electron chi connectivity index (χ1n) is 10.1. The zero-order valence-electron chi connectivity index (χ0n) is 17.1. The van der Waals surface area contributed by atoms with Gasteiger partial charge in [-0.05, 0) is 49.9 Å². The summed E-state index contributed by atoms with van der Waals surface area (Å²) >= 11 is 6.06. The Morgan fingerprint density at radius 3 is 2.74 bits per heavy atom. The molecule has 4 rings (SSSR count). The van der Waals surface area contributed by atoms with Gasteiger partial charge >= 0.3 is 0 Å². The third-order valence-electron chi connectivity index (χ3n) is 5.80.